The van der Waals surface area contributed by atoms with Gasteiger partial charge in [0.2, 0.25) is 0 Å². The molecule has 1 aromatic heterocycles. The summed E-state index contributed by atoms with van der Waals surface area (Å²) in [5.74, 6) is -1.32. The van der Waals surface area contributed by atoms with E-state index >= 15 is 0 Å². The molecule has 0 aliphatic heterocycles. The summed E-state index contributed by atoms with van der Waals surface area (Å²) in [6.07, 6.45) is 3.75. The normalized spacial score (nSPS) is 12.1. The number of hydrogen-bond donors (Lipinski definition) is 1. The number of benzene rings is 1. The number of carbonyl (C=O) groups is 1. The van der Waals surface area contributed by atoms with Gasteiger partial charge in [0.1, 0.15) is 0 Å². The molecule has 92 valence electrons. The topological polar surface area (TPSA) is 50.2 Å². The zero-order chi connectivity index (χ0) is 13.0. The van der Waals surface area contributed by atoms with Crippen LogP contribution >= 0.6 is 0 Å². The van der Waals surface area contributed by atoms with Crippen LogP contribution in [-0.2, 0) is 11.2 Å². The molecule has 0 radical (unpaired) electrons. The standard InChI is InChI=1S/C15H15NO2/c1-11-2-4-12(5-3-11)10-14(15(17)18)13-6-8-16-9-7-13/h2-9,14H,10H2,1H3,(H,17,18). The molecule has 1 unspecified atom stereocenters. The second-order valence-electron chi connectivity index (χ2n) is 4.36. The monoisotopic (exact) mass is 241 g/mol. The highest BCUT2D eigenvalue weighted by atomic mass is 16.4. The molecule has 0 aliphatic rings. The fourth-order valence-electron chi connectivity index (χ4n) is 1.90. The van der Waals surface area contributed by atoms with Gasteiger partial charge in [0.05, 0.1) is 5.92 Å². The molecule has 1 atom stereocenters. The maximum atomic E-state index is 11.4. The number of aliphatic carboxylic acids is 1. The highest BCUT2D eigenvalue weighted by Crippen LogP contribution is 2.21. The average Bonchev–Trinajstić information content (AvgIpc) is 2.38. The second-order valence-corrected chi connectivity index (χ2v) is 4.36. The Hall–Kier alpha value is -2.16. The molecule has 0 fully saturated rings. The summed E-state index contributed by atoms with van der Waals surface area (Å²) < 4.78 is 0. The highest BCUT2D eigenvalue weighted by molar-refractivity contribution is 5.76. The van der Waals surface area contributed by atoms with Crippen LogP contribution in [0.15, 0.2) is 48.8 Å². The molecule has 3 nitrogen and oxygen atoms in total. The lowest BCUT2D eigenvalue weighted by Crippen LogP contribution is -2.14. The highest BCUT2D eigenvalue weighted by Gasteiger charge is 2.19. The van der Waals surface area contributed by atoms with Gasteiger partial charge in [0.25, 0.3) is 0 Å². The zero-order valence-electron chi connectivity index (χ0n) is 10.2. The van der Waals surface area contributed by atoms with Crippen LogP contribution < -0.4 is 0 Å². The lowest BCUT2D eigenvalue weighted by molar-refractivity contribution is -0.138. The van der Waals surface area contributed by atoms with Gasteiger partial charge in [-0.25, -0.2) is 0 Å². The van der Waals surface area contributed by atoms with Gasteiger partial charge in [-0.3, -0.25) is 9.78 Å². The van der Waals surface area contributed by atoms with Crippen molar-refractivity contribution in [3.05, 3.63) is 65.5 Å². The van der Waals surface area contributed by atoms with Crippen LogP contribution in [-0.4, -0.2) is 16.1 Å². The first-order valence-electron chi connectivity index (χ1n) is 5.85. The molecule has 1 aromatic carbocycles. The van der Waals surface area contributed by atoms with E-state index in [2.05, 4.69) is 4.98 Å². The van der Waals surface area contributed by atoms with Gasteiger partial charge in [0.15, 0.2) is 0 Å². The number of nitrogens with zero attached hydrogens (tertiary/aromatic N) is 1. The van der Waals surface area contributed by atoms with Crippen molar-refractivity contribution in [3.8, 4) is 0 Å². The Morgan fingerprint density at radius 2 is 1.78 bits per heavy atom. The Morgan fingerprint density at radius 3 is 2.33 bits per heavy atom. The minimum Gasteiger partial charge on any atom is -0.481 e. The number of pyridine rings is 1. The van der Waals surface area contributed by atoms with Crippen LogP contribution in [0.4, 0.5) is 0 Å². The Bertz CT molecular complexity index is 520. The number of aryl methyl sites for hydroxylation is 1. The van der Waals surface area contributed by atoms with Crippen molar-refractivity contribution in [1.82, 2.24) is 4.98 Å². The largest absolute Gasteiger partial charge is 0.481 e. The summed E-state index contributed by atoms with van der Waals surface area (Å²) in [7, 11) is 0. The van der Waals surface area contributed by atoms with Crippen molar-refractivity contribution in [3.63, 3.8) is 0 Å². The van der Waals surface area contributed by atoms with Crippen molar-refractivity contribution >= 4 is 5.97 Å². The van der Waals surface area contributed by atoms with E-state index in [1.165, 1.54) is 5.56 Å². The summed E-state index contributed by atoms with van der Waals surface area (Å²) in [6, 6.07) is 11.5. The van der Waals surface area contributed by atoms with Gasteiger partial charge >= 0.3 is 5.97 Å². The quantitative estimate of drug-likeness (QED) is 0.895. The smallest absolute Gasteiger partial charge is 0.311 e. The molecule has 2 aromatic rings. The Kier molecular flexibility index (Phi) is 3.72. The van der Waals surface area contributed by atoms with Crippen LogP contribution in [0.3, 0.4) is 0 Å². The fraction of sp³-hybridized carbons (Fsp3) is 0.200. The molecule has 0 bridgehead atoms. The summed E-state index contributed by atoms with van der Waals surface area (Å²) >= 11 is 0. The third kappa shape index (κ3) is 2.94. The second kappa shape index (κ2) is 5.45. The molecule has 0 saturated heterocycles. The van der Waals surface area contributed by atoms with Crippen molar-refractivity contribution in [2.45, 2.75) is 19.3 Å². The molecule has 3 heteroatoms. The molecule has 0 aliphatic carbocycles. The molecule has 0 spiro atoms. The average molecular weight is 241 g/mol. The number of carboxylic acids is 1. The van der Waals surface area contributed by atoms with E-state index in [-0.39, 0.29) is 0 Å². The molecular weight excluding hydrogens is 226 g/mol. The van der Waals surface area contributed by atoms with Crippen molar-refractivity contribution in [2.75, 3.05) is 0 Å². The van der Waals surface area contributed by atoms with Gasteiger partial charge in [-0.2, -0.15) is 0 Å². The van der Waals surface area contributed by atoms with Crippen LogP contribution in [0.1, 0.15) is 22.6 Å². The van der Waals surface area contributed by atoms with Crippen LogP contribution in [0.5, 0.6) is 0 Å². The molecular formula is C15H15NO2. The minimum absolute atomic E-state index is 0.500. The number of carboxylic acid groups (broad SMARTS) is 1. The number of rotatable bonds is 4. The van der Waals surface area contributed by atoms with Gasteiger partial charge in [-0.1, -0.05) is 29.8 Å². The minimum atomic E-state index is -0.804. The SMILES string of the molecule is Cc1ccc(CC(C(=O)O)c2ccncc2)cc1. The maximum absolute atomic E-state index is 11.4. The van der Waals surface area contributed by atoms with Crippen molar-refractivity contribution in [1.29, 1.82) is 0 Å². The third-order valence-electron chi connectivity index (χ3n) is 2.97. The Morgan fingerprint density at radius 1 is 1.17 bits per heavy atom. The van der Waals surface area contributed by atoms with Crippen LogP contribution in [0, 0.1) is 6.92 Å². The predicted octanol–water partition coefficient (Wildman–Crippen LogP) is 2.80. The van der Waals surface area contributed by atoms with Gasteiger partial charge in [-0.05, 0) is 36.6 Å². The lowest BCUT2D eigenvalue weighted by atomic mass is 9.92. The van der Waals surface area contributed by atoms with Gasteiger partial charge in [0, 0.05) is 12.4 Å². The van der Waals surface area contributed by atoms with E-state index < -0.39 is 11.9 Å². The summed E-state index contributed by atoms with van der Waals surface area (Å²) in [6.45, 7) is 2.02. The lowest BCUT2D eigenvalue weighted by Gasteiger charge is -2.12. The molecule has 1 heterocycles. The summed E-state index contributed by atoms with van der Waals surface area (Å²) in [4.78, 5) is 15.3. The van der Waals surface area contributed by atoms with E-state index in [0.717, 1.165) is 11.1 Å². The van der Waals surface area contributed by atoms with Crippen LogP contribution in [0.2, 0.25) is 0 Å². The maximum Gasteiger partial charge on any atom is 0.311 e. The summed E-state index contributed by atoms with van der Waals surface area (Å²) in [5.41, 5.74) is 3.00. The molecule has 0 amide bonds. The van der Waals surface area contributed by atoms with E-state index in [0.29, 0.717) is 6.42 Å². The van der Waals surface area contributed by atoms with E-state index in [1.807, 2.05) is 31.2 Å². The molecule has 0 saturated carbocycles. The van der Waals surface area contributed by atoms with Crippen molar-refractivity contribution in [2.24, 2.45) is 0 Å². The zero-order valence-corrected chi connectivity index (χ0v) is 10.2. The van der Waals surface area contributed by atoms with Crippen LogP contribution in [0.25, 0.3) is 0 Å². The Balaban J connectivity index is 2.22. The van der Waals surface area contributed by atoms with Gasteiger partial charge < -0.3 is 5.11 Å². The first-order chi connectivity index (χ1) is 8.66. The van der Waals surface area contributed by atoms with Crippen molar-refractivity contribution < 1.29 is 9.90 Å². The van der Waals surface area contributed by atoms with E-state index in [9.17, 15) is 9.90 Å². The summed E-state index contributed by atoms with van der Waals surface area (Å²) in [5, 5.41) is 9.32. The Labute approximate surface area is 106 Å². The first kappa shape index (κ1) is 12.3. The fourth-order valence-corrected chi connectivity index (χ4v) is 1.90. The number of aromatic nitrogens is 1. The number of hydrogen-bond acceptors (Lipinski definition) is 2. The van der Waals surface area contributed by atoms with E-state index in [1.54, 1.807) is 24.5 Å². The predicted molar refractivity (Wildman–Crippen MR) is 69.5 cm³/mol. The van der Waals surface area contributed by atoms with E-state index in [4.69, 9.17) is 0 Å². The molecule has 2 rings (SSSR count). The van der Waals surface area contributed by atoms with Gasteiger partial charge in [-0.15, -0.1) is 0 Å². The molecule has 1 N–H and O–H groups in total. The molecule has 18 heavy (non-hydrogen) atoms. The third-order valence-corrected chi connectivity index (χ3v) is 2.97. The first-order valence-corrected chi connectivity index (χ1v) is 5.85.